The molecule has 6 nitrogen and oxygen atoms in total. The fourth-order valence-electron chi connectivity index (χ4n) is 1.80. The van der Waals surface area contributed by atoms with Crippen LogP contribution in [0.5, 0.6) is 5.88 Å². The molecule has 0 aliphatic heterocycles. The number of benzene rings is 1. The maximum atomic E-state index is 9.21. The van der Waals surface area contributed by atoms with Gasteiger partial charge in [-0.05, 0) is 0 Å². The molecule has 7 heteroatoms. The van der Waals surface area contributed by atoms with Gasteiger partial charge in [-0.25, -0.2) is 0 Å². The molecule has 2 atom stereocenters. The van der Waals surface area contributed by atoms with Crippen molar-refractivity contribution in [2.45, 2.75) is 11.8 Å². The van der Waals surface area contributed by atoms with E-state index >= 15 is 0 Å². The molecule has 0 spiro atoms. The molecule has 0 aliphatic carbocycles. The summed E-state index contributed by atoms with van der Waals surface area (Å²) < 4.78 is 10.7. The van der Waals surface area contributed by atoms with Crippen LogP contribution in [0.25, 0.3) is 11.5 Å². The average molecular weight is 384 g/mol. The SMILES string of the molecule is CC([AsH2])Oc1nc(N)nc(-c2ccco2)c1C#N.c1ccccc1. The van der Waals surface area contributed by atoms with Crippen LogP contribution in [-0.4, -0.2) is 31.7 Å². The first-order chi connectivity index (χ1) is 11.6. The first-order valence-electron chi connectivity index (χ1n) is 7.15. The fourth-order valence-corrected chi connectivity index (χ4v) is 2.07. The Morgan fingerprint density at radius 1 is 1.17 bits per heavy atom. The molecular weight excluding hydrogens is 367 g/mol. The minimum Gasteiger partial charge on any atom is -0.0623 e. The van der Waals surface area contributed by atoms with Crippen LogP contribution in [0.3, 0.4) is 0 Å². The number of anilines is 1. The molecule has 3 aromatic rings. The Labute approximate surface area is 148 Å². The van der Waals surface area contributed by atoms with E-state index in [2.05, 4.69) is 9.97 Å². The van der Waals surface area contributed by atoms with Crippen molar-refractivity contribution in [2.24, 2.45) is 0 Å². The Kier molecular flexibility index (Phi) is 6.41. The van der Waals surface area contributed by atoms with Gasteiger partial charge in [-0.2, -0.15) is 0 Å². The van der Waals surface area contributed by atoms with Gasteiger partial charge >= 0.3 is 112 Å². The molecule has 1 aromatic carbocycles. The molecule has 122 valence electrons. The van der Waals surface area contributed by atoms with Gasteiger partial charge in [-0.1, -0.05) is 36.4 Å². The predicted octanol–water partition coefficient (Wildman–Crippen LogP) is 2.23. The Bertz CT molecular complexity index is 773. The van der Waals surface area contributed by atoms with E-state index in [1.807, 2.05) is 49.4 Å². The number of hydrogen-bond acceptors (Lipinski definition) is 6. The van der Waals surface area contributed by atoms with Crippen molar-refractivity contribution in [3.63, 3.8) is 0 Å². The number of nitrogen functional groups attached to an aromatic ring is 1. The van der Waals surface area contributed by atoms with Crippen molar-refractivity contribution in [1.29, 1.82) is 5.26 Å². The summed E-state index contributed by atoms with van der Waals surface area (Å²) in [7, 11) is 0. The molecule has 2 N–H and O–H groups in total. The number of nitrogens with zero attached hydrogens (tertiary/aromatic N) is 3. The molecule has 0 bridgehead atoms. The fraction of sp³-hybridized carbons (Fsp3) is 0.118. The van der Waals surface area contributed by atoms with Gasteiger partial charge in [0, 0.05) is 0 Å². The first kappa shape index (κ1) is 17.6. The number of aromatic nitrogens is 2. The zero-order valence-electron chi connectivity index (χ0n) is 13.1. The van der Waals surface area contributed by atoms with E-state index in [9.17, 15) is 5.26 Å². The molecule has 2 aromatic heterocycles. The minimum absolute atomic E-state index is 0.0450. The van der Waals surface area contributed by atoms with E-state index in [0.717, 1.165) is 0 Å². The summed E-state index contributed by atoms with van der Waals surface area (Å²) in [6.07, 6.45) is 1.50. The van der Waals surface area contributed by atoms with E-state index < -0.39 is 0 Å². The Morgan fingerprint density at radius 2 is 1.79 bits per heavy atom. The van der Waals surface area contributed by atoms with Crippen LogP contribution in [0, 0.1) is 11.3 Å². The summed E-state index contributed by atoms with van der Waals surface area (Å²) in [5.74, 6) is 0.691. The van der Waals surface area contributed by atoms with Gasteiger partial charge in [0.15, 0.2) is 0 Å². The maximum Gasteiger partial charge on any atom is -0.0623 e. The van der Waals surface area contributed by atoms with Crippen LogP contribution in [0.4, 0.5) is 5.95 Å². The van der Waals surface area contributed by atoms with Gasteiger partial charge in [0.05, 0.1) is 0 Å². The van der Waals surface area contributed by atoms with Gasteiger partial charge < -0.3 is 0 Å². The van der Waals surface area contributed by atoms with Crippen molar-refractivity contribution in [2.75, 3.05) is 5.73 Å². The maximum absolute atomic E-state index is 9.21. The normalized spacial score (nSPS) is 10.9. The number of furan rings is 1. The van der Waals surface area contributed by atoms with E-state index in [4.69, 9.17) is 14.9 Å². The molecule has 24 heavy (non-hydrogen) atoms. The van der Waals surface area contributed by atoms with Crippen LogP contribution in [0.2, 0.25) is 0 Å². The Morgan fingerprint density at radius 3 is 2.25 bits per heavy atom. The van der Waals surface area contributed by atoms with Gasteiger partial charge in [-0.15, -0.1) is 0 Å². The number of hydrogen-bond donors (Lipinski definition) is 1. The smallest absolute Gasteiger partial charge is 0.0623 e. The molecule has 0 saturated carbocycles. The van der Waals surface area contributed by atoms with Crippen molar-refractivity contribution in [1.82, 2.24) is 9.97 Å². The van der Waals surface area contributed by atoms with E-state index in [-0.39, 0.29) is 22.3 Å². The molecule has 2 heterocycles. The van der Waals surface area contributed by atoms with Gasteiger partial charge in [0.1, 0.15) is 0 Å². The Hall–Kier alpha value is -2.77. The number of rotatable bonds is 3. The summed E-state index contributed by atoms with van der Waals surface area (Å²) in [5, 5.41) is 9.21. The molecule has 0 fully saturated rings. The number of nitriles is 1. The van der Waals surface area contributed by atoms with Crippen molar-refractivity contribution in [3.05, 3.63) is 60.4 Å². The monoisotopic (exact) mass is 384 g/mol. The average Bonchev–Trinajstić information content (AvgIpc) is 3.10. The second kappa shape index (κ2) is 8.75. The molecule has 0 radical (unpaired) electrons. The molecule has 3 rings (SSSR count). The summed E-state index contributed by atoms with van der Waals surface area (Å²) in [6.45, 7) is 1.87. The summed E-state index contributed by atoms with van der Waals surface area (Å²) in [4.78, 5) is 7.92. The van der Waals surface area contributed by atoms with Crippen LogP contribution < -0.4 is 10.5 Å². The van der Waals surface area contributed by atoms with Crippen molar-refractivity contribution in [3.8, 4) is 23.4 Å². The third-order valence-corrected chi connectivity index (χ3v) is 3.01. The molecule has 2 unspecified atom stereocenters. The first-order valence-corrected chi connectivity index (χ1v) is 8.55. The summed E-state index contributed by atoms with van der Waals surface area (Å²) in [6, 6.07) is 17.4. The summed E-state index contributed by atoms with van der Waals surface area (Å²) >= 11 is 1.38. The molecular formula is C17H17AsN4O2. The molecule has 0 amide bonds. The quantitative estimate of drug-likeness (QED) is 0.696. The third-order valence-electron chi connectivity index (χ3n) is 2.72. The van der Waals surface area contributed by atoms with Crippen molar-refractivity contribution >= 4 is 22.8 Å². The number of nitrogens with two attached hydrogens (primary N) is 1. The topological polar surface area (TPSA) is 98.0 Å². The van der Waals surface area contributed by atoms with E-state index in [1.54, 1.807) is 12.1 Å². The van der Waals surface area contributed by atoms with Crippen LogP contribution in [-0.2, 0) is 0 Å². The second-order valence-electron chi connectivity index (χ2n) is 4.68. The van der Waals surface area contributed by atoms with E-state index in [0.29, 0.717) is 11.5 Å². The Balaban J connectivity index is 0.000000292. The van der Waals surface area contributed by atoms with E-state index in [1.165, 1.54) is 23.1 Å². The zero-order valence-corrected chi connectivity index (χ0v) is 15.5. The molecule has 0 aliphatic rings. The van der Waals surface area contributed by atoms with Crippen molar-refractivity contribution < 1.29 is 9.15 Å². The van der Waals surface area contributed by atoms with Gasteiger partial charge in [-0.3, -0.25) is 0 Å². The van der Waals surface area contributed by atoms with Crippen LogP contribution in [0.1, 0.15) is 12.5 Å². The second-order valence-corrected chi connectivity index (χ2v) is 6.65. The third kappa shape index (κ3) is 4.87. The minimum atomic E-state index is -0.0525. The summed E-state index contributed by atoms with van der Waals surface area (Å²) in [5.41, 5.74) is 6.19. The van der Waals surface area contributed by atoms with Crippen LogP contribution in [0.15, 0.2) is 59.2 Å². The predicted molar refractivity (Wildman–Crippen MR) is 93.9 cm³/mol. The zero-order chi connectivity index (χ0) is 17.4. The van der Waals surface area contributed by atoms with Crippen LogP contribution >= 0.6 is 0 Å². The standard InChI is InChI=1S/C11H11AsN4O2.C6H6/c1-6(12)18-10-7(5-13)9(15-11(14)16-10)8-3-2-4-17-8;1-2-4-6-5-3-1/h2-4,6H,12H2,1H3,(H2,14,15,16);1-6H. The van der Waals surface area contributed by atoms with Gasteiger partial charge in [0.2, 0.25) is 0 Å². The van der Waals surface area contributed by atoms with Gasteiger partial charge in [0.25, 0.3) is 0 Å². The number of ether oxygens (including phenoxy) is 1. The largest absolute Gasteiger partial charge is 0.0623 e. The molecule has 0 saturated heterocycles.